The summed E-state index contributed by atoms with van der Waals surface area (Å²) in [6, 6.07) is 5.76. The Morgan fingerprint density at radius 1 is 1.26 bits per heavy atom. The largest absolute Gasteiger partial charge is 0.497 e. The van der Waals surface area contributed by atoms with E-state index >= 15 is 0 Å². The zero-order valence-electron chi connectivity index (χ0n) is 16.5. The molecule has 2 N–H and O–H groups in total. The van der Waals surface area contributed by atoms with E-state index in [-0.39, 0.29) is 30.1 Å². The molecule has 0 aliphatic carbocycles. The van der Waals surface area contributed by atoms with Gasteiger partial charge in [-0.05, 0) is 31.9 Å². The van der Waals surface area contributed by atoms with Gasteiger partial charge in [0.1, 0.15) is 11.5 Å². The van der Waals surface area contributed by atoms with Gasteiger partial charge >= 0.3 is 0 Å². The van der Waals surface area contributed by atoms with Gasteiger partial charge in [0.15, 0.2) is 5.96 Å². The molecule has 8 heteroatoms. The van der Waals surface area contributed by atoms with Crippen LogP contribution in [0.15, 0.2) is 23.2 Å². The van der Waals surface area contributed by atoms with Crippen molar-refractivity contribution in [3.05, 3.63) is 23.8 Å². The predicted octanol–water partition coefficient (Wildman–Crippen LogP) is 2.57. The molecule has 1 saturated heterocycles. The van der Waals surface area contributed by atoms with Crippen LogP contribution < -0.4 is 20.1 Å². The average Bonchev–Trinajstić information content (AvgIpc) is 3.19. The van der Waals surface area contributed by atoms with Crippen molar-refractivity contribution in [3.8, 4) is 11.5 Å². The molecule has 0 spiro atoms. The van der Waals surface area contributed by atoms with Crippen molar-refractivity contribution in [3.63, 3.8) is 0 Å². The topological polar surface area (TPSA) is 73.3 Å². The Bertz CT molecular complexity index is 566. The first kappa shape index (κ1) is 23.8. The second-order valence-electron chi connectivity index (χ2n) is 6.01. The van der Waals surface area contributed by atoms with Crippen LogP contribution in [0.4, 0.5) is 0 Å². The highest BCUT2D eigenvalue weighted by molar-refractivity contribution is 14.0. The van der Waals surface area contributed by atoms with Crippen LogP contribution in [-0.4, -0.2) is 59.2 Å². The number of benzene rings is 1. The van der Waals surface area contributed by atoms with E-state index in [0.717, 1.165) is 68.8 Å². The third-order valence-electron chi connectivity index (χ3n) is 4.10. The van der Waals surface area contributed by atoms with E-state index in [0.29, 0.717) is 6.54 Å². The maximum Gasteiger partial charge on any atom is 0.191 e. The number of hydrogen-bond donors (Lipinski definition) is 2. The van der Waals surface area contributed by atoms with Crippen molar-refractivity contribution < 1.29 is 18.9 Å². The van der Waals surface area contributed by atoms with Crippen LogP contribution in [0.1, 0.15) is 25.3 Å². The fourth-order valence-corrected chi connectivity index (χ4v) is 2.66. The summed E-state index contributed by atoms with van der Waals surface area (Å²) in [7, 11) is 3.30. The Kier molecular flexibility index (Phi) is 12.2. The molecule has 1 fully saturated rings. The van der Waals surface area contributed by atoms with Crippen molar-refractivity contribution >= 4 is 29.9 Å². The normalized spacial score (nSPS) is 16.6. The van der Waals surface area contributed by atoms with E-state index < -0.39 is 0 Å². The van der Waals surface area contributed by atoms with Crippen LogP contribution in [0.25, 0.3) is 0 Å². The van der Waals surface area contributed by atoms with E-state index in [4.69, 9.17) is 18.9 Å². The summed E-state index contributed by atoms with van der Waals surface area (Å²) < 4.78 is 21.7. The second-order valence-corrected chi connectivity index (χ2v) is 6.01. The summed E-state index contributed by atoms with van der Waals surface area (Å²) in [4.78, 5) is 4.64. The molecule has 1 aliphatic rings. The lowest BCUT2D eigenvalue weighted by atomic mass is 10.2. The lowest BCUT2D eigenvalue weighted by Gasteiger charge is -2.13. The summed E-state index contributed by atoms with van der Waals surface area (Å²) >= 11 is 0. The molecule has 0 amide bonds. The zero-order valence-corrected chi connectivity index (χ0v) is 18.8. The lowest BCUT2D eigenvalue weighted by Crippen LogP contribution is -2.38. The summed E-state index contributed by atoms with van der Waals surface area (Å²) in [5, 5.41) is 6.60. The zero-order chi connectivity index (χ0) is 18.6. The van der Waals surface area contributed by atoms with Gasteiger partial charge in [-0.25, -0.2) is 4.99 Å². The summed E-state index contributed by atoms with van der Waals surface area (Å²) in [5.74, 6) is 2.33. The van der Waals surface area contributed by atoms with Crippen LogP contribution in [0.5, 0.6) is 11.5 Å². The van der Waals surface area contributed by atoms with E-state index in [1.54, 1.807) is 14.2 Å². The van der Waals surface area contributed by atoms with Crippen molar-refractivity contribution in [2.45, 2.75) is 32.4 Å². The van der Waals surface area contributed by atoms with Crippen molar-refractivity contribution in [2.75, 3.05) is 47.1 Å². The van der Waals surface area contributed by atoms with Crippen LogP contribution >= 0.6 is 24.0 Å². The molecule has 154 valence electrons. The molecule has 27 heavy (non-hydrogen) atoms. The minimum Gasteiger partial charge on any atom is -0.497 e. The number of halogens is 1. The number of rotatable bonds is 10. The number of nitrogens with one attached hydrogen (secondary N) is 2. The van der Waals surface area contributed by atoms with E-state index in [1.165, 1.54) is 0 Å². The minimum absolute atomic E-state index is 0. The summed E-state index contributed by atoms with van der Waals surface area (Å²) in [6.45, 7) is 6.45. The Morgan fingerprint density at radius 2 is 2.11 bits per heavy atom. The van der Waals surface area contributed by atoms with Crippen LogP contribution in [0.3, 0.4) is 0 Å². The molecule has 0 aromatic heterocycles. The molecule has 0 radical (unpaired) electrons. The van der Waals surface area contributed by atoms with Gasteiger partial charge in [0.25, 0.3) is 0 Å². The standard InChI is InChI=1S/C19H31N3O4.HI/c1-4-20-19(21-9-5-10-26-17-8-11-25-14-17)22-13-15-6-7-16(23-2)12-18(15)24-3;/h6-7,12,17H,4-5,8-11,13-14H2,1-3H3,(H2,20,21,22);1H. The maximum absolute atomic E-state index is 5.77. The summed E-state index contributed by atoms with van der Waals surface area (Å²) in [5.41, 5.74) is 1.01. The SMILES string of the molecule is CCNC(=NCc1ccc(OC)cc1OC)NCCCOC1CCOC1.I. The monoisotopic (exact) mass is 493 g/mol. The third kappa shape index (κ3) is 8.52. The molecule has 7 nitrogen and oxygen atoms in total. The molecule has 2 rings (SSSR count). The minimum atomic E-state index is 0. The number of ether oxygens (including phenoxy) is 4. The van der Waals surface area contributed by atoms with Gasteiger partial charge in [0.05, 0.1) is 33.5 Å². The maximum atomic E-state index is 5.77. The molecule has 1 unspecified atom stereocenters. The van der Waals surface area contributed by atoms with Crippen LogP contribution in [0, 0.1) is 0 Å². The fourth-order valence-electron chi connectivity index (χ4n) is 2.66. The van der Waals surface area contributed by atoms with E-state index in [2.05, 4.69) is 15.6 Å². The Labute approximate surface area is 179 Å². The number of nitrogens with zero attached hydrogens (tertiary/aromatic N) is 1. The van der Waals surface area contributed by atoms with Crippen molar-refractivity contribution in [1.29, 1.82) is 0 Å². The highest BCUT2D eigenvalue weighted by Gasteiger charge is 2.15. The predicted molar refractivity (Wildman–Crippen MR) is 118 cm³/mol. The quantitative estimate of drug-likeness (QED) is 0.226. The van der Waals surface area contributed by atoms with Gasteiger partial charge in [-0.2, -0.15) is 0 Å². The first-order valence-electron chi connectivity index (χ1n) is 9.19. The summed E-state index contributed by atoms with van der Waals surface area (Å²) in [6.07, 6.45) is 2.19. The molecular formula is C19H32IN3O4. The average molecular weight is 493 g/mol. The second kappa shape index (κ2) is 13.8. The lowest BCUT2D eigenvalue weighted by molar-refractivity contribution is 0.0420. The van der Waals surface area contributed by atoms with Crippen LogP contribution in [0.2, 0.25) is 0 Å². The highest BCUT2D eigenvalue weighted by Crippen LogP contribution is 2.25. The number of hydrogen-bond acceptors (Lipinski definition) is 5. The molecule has 1 aromatic carbocycles. The van der Waals surface area contributed by atoms with Crippen LogP contribution in [-0.2, 0) is 16.0 Å². The van der Waals surface area contributed by atoms with Gasteiger partial charge in [0.2, 0.25) is 0 Å². The van der Waals surface area contributed by atoms with Crippen molar-refractivity contribution in [2.24, 2.45) is 4.99 Å². The molecule has 1 aliphatic heterocycles. The van der Waals surface area contributed by atoms with Gasteiger partial charge < -0.3 is 29.6 Å². The number of aliphatic imine (C=N–C) groups is 1. The highest BCUT2D eigenvalue weighted by atomic mass is 127. The molecule has 0 saturated carbocycles. The Hall–Kier alpha value is -1.26. The fraction of sp³-hybridized carbons (Fsp3) is 0.632. The smallest absolute Gasteiger partial charge is 0.191 e. The molecule has 1 aromatic rings. The number of methoxy groups -OCH3 is 2. The molecule has 1 atom stereocenters. The molecule has 0 bridgehead atoms. The third-order valence-corrected chi connectivity index (χ3v) is 4.10. The number of guanidine groups is 1. The Balaban J connectivity index is 0.00000364. The van der Waals surface area contributed by atoms with Gasteiger partial charge in [-0.1, -0.05) is 0 Å². The first-order chi connectivity index (χ1) is 12.8. The molecular weight excluding hydrogens is 461 g/mol. The van der Waals surface area contributed by atoms with Gasteiger partial charge in [-0.3, -0.25) is 0 Å². The van der Waals surface area contributed by atoms with E-state index in [1.807, 2.05) is 25.1 Å². The first-order valence-corrected chi connectivity index (χ1v) is 9.19. The van der Waals surface area contributed by atoms with Crippen molar-refractivity contribution in [1.82, 2.24) is 10.6 Å². The van der Waals surface area contributed by atoms with Gasteiger partial charge in [0, 0.05) is 37.9 Å². The van der Waals surface area contributed by atoms with E-state index in [9.17, 15) is 0 Å². The molecule has 1 heterocycles. The Morgan fingerprint density at radius 3 is 2.78 bits per heavy atom. The van der Waals surface area contributed by atoms with Gasteiger partial charge in [-0.15, -0.1) is 24.0 Å².